The van der Waals surface area contributed by atoms with E-state index in [1.807, 2.05) is 31.2 Å². The van der Waals surface area contributed by atoms with E-state index >= 15 is 0 Å². The van der Waals surface area contributed by atoms with E-state index in [1.54, 1.807) is 34.1 Å². The van der Waals surface area contributed by atoms with Crippen LogP contribution in [0, 0.1) is 0 Å². The maximum absolute atomic E-state index is 13.6. The van der Waals surface area contributed by atoms with Gasteiger partial charge in [-0.05, 0) is 67.4 Å². The summed E-state index contributed by atoms with van der Waals surface area (Å²) in [4.78, 5) is 29.7. The Kier molecular flexibility index (Phi) is 5.63. The molecule has 5 rings (SSSR count). The third kappa shape index (κ3) is 4.18. The van der Waals surface area contributed by atoms with E-state index in [2.05, 4.69) is 9.47 Å². The van der Waals surface area contributed by atoms with Gasteiger partial charge in [-0.25, -0.2) is 0 Å². The molecule has 35 heavy (non-hydrogen) atoms. The lowest BCUT2D eigenvalue weighted by molar-refractivity contribution is -0.286. The Morgan fingerprint density at radius 1 is 1.03 bits per heavy atom. The van der Waals surface area contributed by atoms with Crippen LogP contribution >= 0.6 is 11.6 Å². The molecule has 0 bridgehead atoms. The number of amides is 2. The van der Waals surface area contributed by atoms with E-state index in [1.165, 1.54) is 25.1 Å². The molecule has 180 valence electrons. The lowest BCUT2D eigenvalue weighted by Crippen LogP contribution is -2.47. The summed E-state index contributed by atoms with van der Waals surface area (Å²) in [5.74, 6) is -0.831. The average Bonchev–Trinajstić information content (AvgIpc) is 3.13. The molecule has 2 amide bonds. The van der Waals surface area contributed by atoms with Crippen molar-refractivity contribution in [2.24, 2.45) is 0 Å². The summed E-state index contributed by atoms with van der Waals surface area (Å²) in [7, 11) is 0. The van der Waals surface area contributed by atoms with Gasteiger partial charge in [0.1, 0.15) is 0 Å². The maximum Gasteiger partial charge on any atom is 0.586 e. The molecule has 6 nitrogen and oxygen atoms in total. The van der Waals surface area contributed by atoms with Crippen LogP contribution in [0.4, 0.5) is 20.2 Å². The van der Waals surface area contributed by atoms with Crippen LogP contribution in [0.3, 0.4) is 0 Å². The second kappa shape index (κ2) is 8.53. The molecule has 0 unspecified atom stereocenters. The normalized spacial score (nSPS) is 19.7. The van der Waals surface area contributed by atoms with Crippen LogP contribution < -0.4 is 19.3 Å². The molecule has 3 aromatic rings. The average molecular weight is 499 g/mol. The number of halogens is 3. The monoisotopic (exact) mass is 498 g/mol. The molecular weight excluding hydrogens is 478 g/mol. The summed E-state index contributed by atoms with van der Waals surface area (Å²) in [6.45, 7) is 3.39. The highest BCUT2D eigenvalue weighted by Crippen LogP contribution is 2.44. The molecule has 2 heterocycles. The van der Waals surface area contributed by atoms with Gasteiger partial charge in [0.25, 0.3) is 5.91 Å². The summed E-state index contributed by atoms with van der Waals surface area (Å²) in [5.41, 5.74) is 2.33. The summed E-state index contributed by atoms with van der Waals surface area (Å²) in [6, 6.07) is 17.8. The first-order chi connectivity index (χ1) is 16.6. The Balaban J connectivity index is 1.53. The van der Waals surface area contributed by atoms with E-state index < -0.39 is 6.29 Å². The number of para-hydroxylation sites is 1. The van der Waals surface area contributed by atoms with Crippen molar-refractivity contribution in [1.29, 1.82) is 0 Å². The minimum absolute atomic E-state index is 0.126. The van der Waals surface area contributed by atoms with Crippen LogP contribution in [0.1, 0.15) is 42.2 Å². The van der Waals surface area contributed by atoms with Gasteiger partial charge < -0.3 is 19.3 Å². The standard InChI is InChI=1S/C26H21ClF2N2O4/c1-15-13-22(31(16(2)32)19-10-8-18(27)9-11-19)20-5-3-4-6-21(20)30(15)25(33)17-7-12-23-24(14-17)35-26(28,29)34-23/h3-12,14-15,22H,13H2,1-2H3/t15-,22+/m0/s1. The Labute approximate surface area is 205 Å². The molecule has 0 spiro atoms. The molecule has 0 aromatic heterocycles. The molecule has 0 aliphatic carbocycles. The van der Waals surface area contributed by atoms with Crippen molar-refractivity contribution in [2.75, 3.05) is 9.80 Å². The SMILES string of the molecule is CC(=O)N(c1ccc(Cl)cc1)[C@@H]1C[C@H](C)N(C(=O)c2ccc3c(c2)OC(F)(F)O3)c2ccccc21. The van der Waals surface area contributed by atoms with E-state index in [-0.39, 0.29) is 41.0 Å². The van der Waals surface area contributed by atoms with Crippen molar-refractivity contribution in [2.45, 2.75) is 38.6 Å². The van der Waals surface area contributed by atoms with Gasteiger partial charge in [0.2, 0.25) is 5.91 Å². The summed E-state index contributed by atoms with van der Waals surface area (Å²) < 4.78 is 35.9. The van der Waals surface area contributed by atoms with E-state index in [9.17, 15) is 18.4 Å². The number of ether oxygens (including phenoxy) is 2. The summed E-state index contributed by atoms with van der Waals surface area (Å²) >= 11 is 6.04. The van der Waals surface area contributed by atoms with Crippen molar-refractivity contribution in [3.05, 3.63) is 82.9 Å². The van der Waals surface area contributed by atoms with Crippen molar-refractivity contribution < 1.29 is 27.8 Å². The fourth-order valence-corrected chi connectivity index (χ4v) is 4.87. The molecule has 0 saturated carbocycles. The van der Waals surface area contributed by atoms with Crippen molar-refractivity contribution in [1.82, 2.24) is 0 Å². The molecular formula is C26H21ClF2N2O4. The number of benzene rings is 3. The van der Waals surface area contributed by atoms with Crippen LogP contribution in [0.2, 0.25) is 5.02 Å². The highest BCUT2D eigenvalue weighted by atomic mass is 35.5. The first-order valence-corrected chi connectivity index (χ1v) is 11.4. The zero-order chi connectivity index (χ0) is 24.9. The number of rotatable bonds is 3. The fourth-order valence-electron chi connectivity index (χ4n) is 4.74. The minimum atomic E-state index is -3.76. The Morgan fingerprint density at radius 3 is 2.43 bits per heavy atom. The number of carbonyl (C=O) groups is 2. The maximum atomic E-state index is 13.6. The molecule has 2 aliphatic heterocycles. The summed E-state index contributed by atoms with van der Waals surface area (Å²) in [5, 5.41) is 0.563. The number of fused-ring (bicyclic) bond motifs is 2. The van der Waals surface area contributed by atoms with Crippen LogP contribution in [0.25, 0.3) is 0 Å². The Morgan fingerprint density at radius 2 is 1.71 bits per heavy atom. The molecule has 0 saturated heterocycles. The number of anilines is 2. The molecule has 3 aromatic carbocycles. The van der Waals surface area contributed by atoms with Crippen molar-refractivity contribution in [3.63, 3.8) is 0 Å². The van der Waals surface area contributed by atoms with Gasteiger partial charge in [-0.15, -0.1) is 8.78 Å². The van der Waals surface area contributed by atoms with Crippen LogP contribution in [0.5, 0.6) is 11.5 Å². The first-order valence-electron chi connectivity index (χ1n) is 11.0. The zero-order valence-electron chi connectivity index (χ0n) is 18.9. The van der Waals surface area contributed by atoms with Gasteiger partial charge in [0, 0.05) is 34.9 Å². The smallest absolute Gasteiger partial charge is 0.395 e. The minimum Gasteiger partial charge on any atom is -0.395 e. The van der Waals surface area contributed by atoms with Gasteiger partial charge in [-0.3, -0.25) is 9.59 Å². The van der Waals surface area contributed by atoms with Crippen LogP contribution in [0.15, 0.2) is 66.7 Å². The van der Waals surface area contributed by atoms with E-state index in [0.717, 1.165) is 5.56 Å². The van der Waals surface area contributed by atoms with Crippen LogP contribution in [-0.4, -0.2) is 24.2 Å². The van der Waals surface area contributed by atoms with Gasteiger partial charge >= 0.3 is 6.29 Å². The number of hydrogen-bond donors (Lipinski definition) is 0. The third-order valence-corrected chi connectivity index (χ3v) is 6.44. The Hall–Kier alpha value is -3.65. The highest BCUT2D eigenvalue weighted by Gasteiger charge is 2.44. The number of alkyl halides is 2. The number of carbonyl (C=O) groups excluding carboxylic acids is 2. The first kappa shape index (κ1) is 23.1. The molecule has 2 aliphatic rings. The van der Waals surface area contributed by atoms with Gasteiger partial charge in [0.05, 0.1) is 6.04 Å². The number of hydrogen-bond acceptors (Lipinski definition) is 4. The zero-order valence-corrected chi connectivity index (χ0v) is 19.6. The number of nitrogens with zero attached hydrogens (tertiary/aromatic N) is 2. The predicted octanol–water partition coefficient (Wildman–Crippen LogP) is 6.19. The van der Waals surface area contributed by atoms with E-state index in [0.29, 0.717) is 22.8 Å². The molecule has 0 radical (unpaired) electrons. The van der Waals surface area contributed by atoms with Crippen LogP contribution in [-0.2, 0) is 4.79 Å². The molecule has 9 heteroatoms. The molecule has 2 atom stereocenters. The molecule has 0 N–H and O–H groups in total. The van der Waals surface area contributed by atoms with E-state index in [4.69, 9.17) is 11.6 Å². The van der Waals surface area contributed by atoms with Gasteiger partial charge in [0.15, 0.2) is 11.5 Å². The fraction of sp³-hybridized carbons (Fsp3) is 0.231. The second-order valence-electron chi connectivity index (χ2n) is 8.53. The highest BCUT2D eigenvalue weighted by molar-refractivity contribution is 6.30. The van der Waals surface area contributed by atoms with Gasteiger partial charge in [-0.2, -0.15) is 0 Å². The predicted molar refractivity (Wildman–Crippen MR) is 127 cm³/mol. The molecule has 0 fully saturated rings. The van der Waals surface area contributed by atoms with Crippen molar-refractivity contribution in [3.8, 4) is 11.5 Å². The second-order valence-corrected chi connectivity index (χ2v) is 8.97. The lowest BCUT2D eigenvalue weighted by Gasteiger charge is -2.43. The summed E-state index contributed by atoms with van der Waals surface area (Å²) in [6.07, 6.45) is -3.30. The lowest BCUT2D eigenvalue weighted by atomic mass is 9.89. The van der Waals surface area contributed by atoms with Gasteiger partial charge in [-0.1, -0.05) is 29.8 Å². The Bertz CT molecular complexity index is 1310. The topological polar surface area (TPSA) is 59.1 Å². The quantitative estimate of drug-likeness (QED) is 0.432. The third-order valence-electron chi connectivity index (χ3n) is 6.18. The largest absolute Gasteiger partial charge is 0.586 e. The van der Waals surface area contributed by atoms with Crippen molar-refractivity contribution >= 4 is 34.8 Å².